The third-order valence-electron chi connectivity index (χ3n) is 6.93. The number of nitrogens with zero attached hydrogens (tertiary/aromatic N) is 1. The Bertz CT molecular complexity index is 1810. The van der Waals surface area contributed by atoms with Crippen molar-refractivity contribution in [3.8, 4) is 11.1 Å². The fourth-order valence-corrected chi connectivity index (χ4v) is 5.05. The normalized spacial score (nSPS) is 11.2. The second-order valence-electron chi connectivity index (χ2n) is 10.3. The number of amides is 3. The molecule has 1 aromatic heterocycles. The Kier molecular flexibility index (Phi) is 7.54. The maximum absolute atomic E-state index is 13.3. The number of primary amides is 1. The van der Waals surface area contributed by atoms with Gasteiger partial charge in [0.2, 0.25) is 11.8 Å². The number of rotatable bonds is 8. The molecule has 9 heteroatoms. The van der Waals surface area contributed by atoms with Crippen molar-refractivity contribution < 1.29 is 18.8 Å². The van der Waals surface area contributed by atoms with Crippen LogP contribution < -0.4 is 16.4 Å². The molecule has 0 saturated carbocycles. The van der Waals surface area contributed by atoms with Gasteiger partial charge in [-0.15, -0.1) is 0 Å². The summed E-state index contributed by atoms with van der Waals surface area (Å²) >= 11 is 0. The summed E-state index contributed by atoms with van der Waals surface area (Å²) in [4.78, 5) is 42.3. The molecule has 0 spiro atoms. The molecule has 5 N–H and O–H groups in total. The maximum atomic E-state index is 13.3. The van der Waals surface area contributed by atoms with Gasteiger partial charge in [0.05, 0.1) is 18.5 Å². The number of benzene rings is 4. The first-order valence-electron chi connectivity index (χ1n) is 13.1. The molecule has 8 nitrogen and oxygen atoms in total. The Balaban J connectivity index is 1.60. The lowest BCUT2D eigenvalue weighted by Gasteiger charge is -2.15. The van der Waals surface area contributed by atoms with Gasteiger partial charge in [0, 0.05) is 33.2 Å². The highest BCUT2D eigenvalue weighted by Gasteiger charge is 2.18. The molecule has 0 bridgehead atoms. The maximum Gasteiger partial charge on any atom is 0.255 e. The zero-order valence-electron chi connectivity index (χ0n) is 23.0. The topological polar surface area (TPSA) is 120 Å². The van der Waals surface area contributed by atoms with Crippen molar-refractivity contribution in [2.24, 2.45) is 5.73 Å². The number of likely N-dealkylation sites (N-methyl/N-ethyl adjacent to an activating group) is 1. The van der Waals surface area contributed by atoms with E-state index in [0.717, 1.165) is 44.1 Å². The number of hydrogen-bond acceptors (Lipinski definition) is 4. The van der Waals surface area contributed by atoms with Crippen molar-refractivity contribution in [3.63, 3.8) is 0 Å². The van der Waals surface area contributed by atoms with Crippen LogP contribution in [0.5, 0.6) is 0 Å². The standard InChI is InChI=1S/C32H30FN5O3/c1-18-23(5-4-6-26(18)37-32(41)19-7-10-21(33)11-8-19)24-13-9-20(15-28(34)39)31-30(24)25-14-12-22(16-27(25)36-31)35-29(40)17-38(2)3/h4-14,16,36H,15,17H2,1-3H3,(H2,34,39)(H,35,40)(H,37,41). The van der Waals surface area contributed by atoms with Crippen LogP contribution in [-0.4, -0.2) is 48.2 Å². The molecular formula is C32H30FN5O3. The number of anilines is 2. The second kappa shape index (κ2) is 11.2. The molecule has 0 saturated heterocycles. The van der Waals surface area contributed by atoms with Gasteiger partial charge in [0.25, 0.3) is 5.91 Å². The number of nitrogens with one attached hydrogen (secondary N) is 3. The van der Waals surface area contributed by atoms with Crippen molar-refractivity contribution in [1.82, 2.24) is 9.88 Å². The molecule has 0 unspecified atom stereocenters. The number of carbonyl (C=O) groups is 3. The smallest absolute Gasteiger partial charge is 0.255 e. The van der Waals surface area contributed by atoms with Gasteiger partial charge in [-0.25, -0.2) is 4.39 Å². The minimum Gasteiger partial charge on any atom is -0.369 e. The van der Waals surface area contributed by atoms with E-state index >= 15 is 0 Å². The lowest BCUT2D eigenvalue weighted by Crippen LogP contribution is -2.27. The minimum atomic E-state index is -0.448. The molecule has 0 aliphatic rings. The van der Waals surface area contributed by atoms with E-state index in [0.29, 0.717) is 16.9 Å². The second-order valence-corrected chi connectivity index (χ2v) is 10.3. The highest BCUT2D eigenvalue weighted by Crippen LogP contribution is 2.40. The highest BCUT2D eigenvalue weighted by atomic mass is 19.1. The monoisotopic (exact) mass is 551 g/mol. The number of carbonyl (C=O) groups excluding carboxylic acids is 3. The largest absolute Gasteiger partial charge is 0.369 e. The molecule has 5 rings (SSSR count). The molecule has 3 amide bonds. The molecule has 1 heterocycles. The molecule has 0 fully saturated rings. The van der Waals surface area contributed by atoms with E-state index in [4.69, 9.17) is 5.73 Å². The van der Waals surface area contributed by atoms with Crippen LogP contribution in [0.25, 0.3) is 32.9 Å². The van der Waals surface area contributed by atoms with Gasteiger partial charge in [-0.1, -0.05) is 30.3 Å². The summed E-state index contributed by atoms with van der Waals surface area (Å²) in [5.41, 5.74) is 12.1. The van der Waals surface area contributed by atoms with Crippen molar-refractivity contribution in [1.29, 1.82) is 0 Å². The Morgan fingerprint density at radius 3 is 2.39 bits per heavy atom. The van der Waals surface area contributed by atoms with Crippen LogP contribution in [0.2, 0.25) is 0 Å². The highest BCUT2D eigenvalue weighted by molar-refractivity contribution is 6.17. The predicted octanol–water partition coefficient (Wildman–Crippen LogP) is 5.22. The Labute approximate surface area is 236 Å². The van der Waals surface area contributed by atoms with Crippen LogP contribution in [0.1, 0.15) is 21.5 Å². The van der Waals surface area contributed by atoms with Gasteiger partial charge >= 0.3 is 0 Å². The van der Waals surface area contributed by atoms with Crippen molar-refractivity contribution in [2.45, 2.75) is 13.3 Å². The number of nitrogens with two attached hydrogens (primary N) is 1. The van der Waals surface area contributed by atoms with Gasteiger partial charge in [0.15, 0.2) is 0 Å². The average molecular weight is 552 g/mol. The molecule has 208 valence electrons. The fraction of sp³-hybridized carbons (Fsp3) is 0.156. The molecule has 0 radical (unpaired) electrons. The first kappa shape index (κ1) is 27.5. The summed E-state index contributed by atoms with van der Waals surface area (Å²) in [7, 11) is 3.65. The molecule has 4 aromatic carbocycles. The van der Waals surface area contributed by atoms with Gasteiger partial charge in [-0.3, -0.25) is 14.4 Å². The van der Waals surface area contributed by atoms with E-state index in [2.05, 4.69) is 15.6 Å². The van der Waals surface area contributed by atoms with E-state index in [1.54, 1.807) is 4.90 Å². The Morgan fingerprint density at radius 2 is 1.68 bits per heavy atom. The molecule has 5 aromatic rings. The van der Waals surface area contributed by atoms with Crippen LogP contribution >= 0.6 is 0 Å². The van der Waals surface area contributed by atoms with E-state index in [-0.39, 0.29) is 24.8 Å². The molecular weight excluding hydrogens is 521 g/mol. The number of fused-ring (bicyclic) bond motifs is 3. The van der Waals surface area contributed by atoms with Crippen LogP contribution in [0.4, 0.5) is 15.8 Å². The Hall–Kier alpha value is -5.02. The van der Waals surface area contributed by atoms with E-state index in [1.165, 1.54) is 24.3 Å². The van der Waals surface area contributed by atoms with Gasteiger partial charge in [-0.05, 0) is 85.7 Å². The first-order valence-corrected chi connectivity index (χ1v) is 13.1. The SMILES string of the molecule is Cc1c(NC(=O)c2ccc(F)cc2)cccc1-c1ccc(CC(N)=O)c2[nH]c3cc(NC(=O)CN(C)C)ccc3c12. The predicted molar refractivity (Wildman–Crippen MR) is 160 cm³/mol. The van der Waals surface area contributed by atoms with Gasteiger partial charge < -0.3 is 26.3 Å². The van der Waals surface area contributed by atoms with E-state index in [1.807, 2.05) is 69.6 Å². The summed E-state index contributed by atoms with van der Waals surface area (Å²) in [6, 6.07) is 20.5. The third-order valence-corrected chi connectivity index (χ3v) is 6.93. The third kappa shape index (κ3) is 5.80. The zero-order chi connectivity index (χ0) is 29.3. The number of halogens is 1. The van der Waals surface area contributed by atoms with Crippen molar-refractivity contribution in [3.05, 3.63) is 95.3 Å². The molecule has 0 aliphatic heterocycles. The summed E-state index contributed by atoms with van der Waals surface area (Å²) in [5.74, 6) is -1.33. The van der Waals surface area contributed by atoms with Crippen LogP contribution in [-0.2, 0) is 16.0 Å². The minimum absolute atomic E-state index is 0.0583. The van der Waals surface area contributed by atoms with Crippen LogP contribution in [0.15, 0.2) is 72.8 Å². The number of hydrogen-bond donors (Lipinski definition) is 4. The first-order chi connectivity index (χ1) is 19.6. The van der Waals surface area contributed by atoms with Crippen molar-refractivity contribution in [2.75, 3.05) is 31.3 Å². The fourth-order valence-electron chi connectivity index (χ4n) is 5.05. The molecule has 41 heavy (non-hydrogen) atoms. The van der Waals surface area contributed by atoms with Crippen molar-refractivity contribution >= 4 is 50.9 Å². The summed E-state index contributed by atoms with van der Waals surface area (Å²) in [5, 5.41) is 7.66. The van der Waals surface area contributed by atoms with Gasteiger partial charge in [-0.2, -0.15) is 0 Å². The molecule has 0 aliphatic carbocycles. The number of aromatic amines is 1. The lowest BCUT2D eigenvalue weighted by molar-refractivity contribution is -0.118. The summed E-state index contributed by atoms with van der Waals surface area (Å²) in [6.07, 6.45) is 0.0583. The van der Waals surface area contributed by atoms with E-state index < -0.39 is 11.7 Å². The number of H-pyrrole nitrogens is 1. The number of aromatic nitrogens is 1. The molecule has 0 atom stereocenters. The lowest BCUT2D eigenvalue weighted by atomic mass is 9.92. The van der Waals surface area contributed by atoms with Gasteiger partial charge in [0.1, 0.15) is 5.82 Å². The Morgan fingerprint density at radius 1 is 0.927 bits per heavy atom. The van der Waals surface area contributed by atoms with Crippen LogP contribution in [0, 0.1) is 12.7 Å². The summed E-state index contributed by atoms with van der Waals surface area (Å²) in [6.45, 7) is 2.18. The van der Waals surface area contributed by atoms with Crippen LogP contribution in [0.3, 0.4) is 0 Å². The zero-order valence-corrected chi connectivity index (χ0v) is 23.0. The summed E-state index contributed by atoms with van der Waals surface area (Å²) < 4.78 is 13.3. The quantitative estimate of drug-likeness (QED) is 0.211. The average Bonchev–Trinajstić information content (AvgIpc) is 3.29. The van der Waals surface area contributed by atoms with E-state index in [9.17, 15) is 18.8 Å².